The maximum atomic E-state index is 10.8. The van der Waals surface area contributed by atoms with Crippen molar-refractivity contribution in [2.75, 3.05) is 24.5 Å². The molecule has 0 spiro atoms. The van der Waals surface area contributed by atoms with Crippen LogP contribution in [0.1, 0.15) is 24.8 Å². The van der Waals surface area contributed by atoms with Gasteiger partial charge in [-0.3, -0.25) is 10.1 Å². The predicted octanol–water partition coefficient (Wildman–Crippen LogP) is 2.47. The van der Waals surface area contributed by atoms with Crippen LogP contribution < -0.4 is 10.6 Å². The second-order valence-corrected chi connectivity index (χ2v) is 5.26. The van der Waals surface area contributed by atoms with Gasteiger partial charge in [-0.15, -0.1) is 0 Å². The number of piperidine rings is 1. The third-order valence-corrected chi connectivity index (χ3v) is 3.84. The summed E-state index contributed by atoms with van der Waals surface area (Å²) in [7, 11) is 0. The second-order valence-electron chi connectivity index (χ2n) is 5.26. The average Bonchev–Trinajstić information content (AvgIpc) is 2.39. The number of benzene rings is 1. The topological polar surface area (TPSA) is 72.4 Å². The Morgan fingerprint density at radius 1 is 1.53 bits per heavy atom. The van der Waals surface area contributed by atoms with Gasteiger partial charge in [-0.25, -0.2) is 0 Å². The first-order valence-corrected chi connectivity index (χ1v) is 6.82. The molecule has 0 aliphatic carbocycles. The third-order valence-electron chi connectivity index (χ3n) is 3.84. The molecule has 0 radical (unpaired) electrons. The Morgan fingerprint density at radius 3 is 2.95 bits per heavy atom. The molecule has 1 saturated heterocycles. The van der Waals surface area contributed by atoms with Crippen molar-refractivity contribution in [1.82, 2.24) is 0 Å². The highest BCUT2D eigenvalue weighted by molar-refractivity contribution is 5.55. The van der Waals surface area contributed by atoms with Crippen molar-refractivity contribution < 1.29 is 4.92 Å². The van der Waals surface area contributed by atoms with E-state index in [1.54, 1.807) is 13.0 Å². The summed E-state index contributed by atoms with van der Waals surface area (Å²) in [5.74, 6) is 0.647. The molecule has 5 nitrogen and oxygen atoms in total. The van der Waals surface area contributed by atoms with Gasteiger partial charge in [0.05, 0.1) is 4.92 Å². The molecule has 5 heteroatoms. The number of rotatable bonds is 4. The highest BCUT2D eigenvalue weighted by Gasteiger charge is 2.20. The van der Waals surface area contributed by atoms with Crippen LogP contribution in [0, 0.1) is 23.0 Å². The fraction of sp³-hybridized carbons (Fsp3) is 0.571. The first-order chi connectivity index (χ1) is 9.11. The molecule has 2 rings (SSSR count). The van der Waals surface area contributed by atoms with E-state index >= 15 is 0 Å². The van der Waals surface area contributed by atoms with Crippen molar-refractivity contribution in [2.45, 2.75) is 26.2 Å². The summed E-state index contributed by atoms with van der Waals surface area (Å²) in [5.41, 5.74) is 7.63. The number of hydrogen-bond acceptors (Lipinski definition) is 4. The van der Waals surface area contributed by atoms with E-state index in [0.29, 0.717) is 5.92 Å². The maximum absolute atomic E-state index is 10.8. The molecule has 19 heavy (non-hydrogen) atoms. The Morgan fingerprint density at radius 2 is 2.32 bits per heavy atom. The molecule has 1 heterocycles. The van der Waals surface area contributed by atoms with E-state index in [1.807, 2.05) is 12.1 Å². The van der Waals surface area contributed by atoms with Crippen molar-refractivity contribution in [3.63, 3.8) is 0 Å². The smallest absolute Gasteiger partial charge is 0.272 e. The fourth-order valence-corrected chi connectivity index (χ4v) is 2.81. The number of nitrogens with zero attached hydrogens (tertiary/aromatic N) is 2. The highest BCUT2D eigenvalue weighted by atomic mass is 16.6. The average molecular weight is 263 g/mol. The van der Waals surface area contributed by atoms with E-state index in [4.69, 9.17) is 5.73 Å². The largest absolute Gasteiger partial charge is 0.371 e. The van der Waals surface area contributed by atoms with Crippen LogP contribution in [0.2, 0.25) is 0 Å². The van der Waals surface area contributed by atoms with Crippen LogP contribution >= 0.6 is 0 Å². The Labute approximate surface area is 113 Å². The number of nitro groups is 1. The zero-order chi connectivity index (χ0) is 13.8. The number of anilines is 1. The number of nitro benzene ring substituents is 1. The first-order valence-electron chi connectivity index (χ1n) is 6.82. The second kappa shape index (κ2) is 6.02. The van der Waals surface area contributed by atoms with E-state index in [-0.39, 0.29) is 10.6 Å². The van der Waals surface area contributed by atoms with Gasteiger partial charge in [0.1, 0.15) is 0 Å². The van der Waals surface area contributed by atoms with Crippen LogP contribution in [-0.4, -0.2) is 24.6 Å². The molecule has 1 aromatic carbocycles. The summed E-state index contributed by atoms with van der Waals surface area (Å²) in [4.78, 5) is 12.8. The minimum absolute atomic E-state index is 0.194. The lowest BCUT2D eigenvalue weighted by Crippen LogP contribution is -2.36. The van der Waals surface area contributed by atoms with E-state index in [0.717, 1.165) is 37.3 Å². The van der Waals surface area contributed by atoms with E-state index < -0.39 is 0 Å². The summed E-state index contributed by atoms with van der Waals surface area (Å²) < 4.78 is 0. The van der Waals surface area contributed by atoms with Gasteiger partial charge in [0.15, 0.2) is 0 Å². The molecule has 1 unspecified atom stereocenters. The lowest BCUT2D eigenvalue weighted by molar-refractivity contribution is -0.385. The van der Waals surface area contributed by atoms with Crippen molar-refractivity contribution in [3.8, 4) is 0 Å². The van der Waals surface area contributed by atoms with Gasteiger partial charge in [-0.2, -0.15) is 0 Å². The number of hydrogen-bond donors (Lipinski definition) is 1. The minimum atomic E-state index is -0.327. The van der Waals surface area contributed by atoms with Gasteiger partial charge in [-0.1, -0.05) is 0 Å². The van der Waals surface area contributed by atoms with Gasteiger partial charge >= 0.3 is 0 Å². The van der Waals surface area contributed by atoms with Crippen LogP contribution in [0.3, 0.4) is 0 Å². The Bertz CT molecular complexity index is 460. The highest BCUT2D eigenvalue weighted by Crippen LogP contribution is 2.28. The molecule has 104 valence electrons. The summed E-state index contributed by atoms with van der Waals surface area (Å²) in [6.45, 7) is 4.56. The summed E-state index contributed by atoms with van der Waals surface area (Å²) in [6, 6.07) is 5.39. The summed E-state index contributed by atoms with van der Waals surface area (Å²) >= 11 is 0. The monoisotopic (exact) mass is 263 g/mol. The maximum Gasteiger partial charge on any atom is 0.272 e. The Balaban J connectivity index is 2.13. The van der Waals surface area contributed by atoms with Crippen molar-refractivity contribution >= 4 is 11.4 Å². The zero-order valence-corrected chi connectivity index (χ0v) is 11.3. The predicted molar refractivity (Wildman–Crippen MR) is 76.4 cm³/mol. The van der Waals surface area contributed by atoms with Gasteiger partial charge in [0, 0.05) is 30.4 Å². The van der Waals surface area contributed by atoms with Crippen LogP contribution in [0.15, 0.2) is 18.2 Å². The molecule has 0 aromatic heterocycles. The van der Waals surface area contributed by atoms with Crippen LogP contribution in [-0.2, 0) is 0 Å². The normalized spacial score (nSPS) is 19.5. The van der Waals surface area contributed by atoms with Gasteiger partial charge in [0.25, 0.3) is 5.69 Å². The molecule has 1 aliphatic heterocycles. The molecule has 0 amide bonds. The Hall–Kier alpha value is -1.62. The molecule has 0 bridgehead atoms. The molecule has 1 aliphatic rings. The van der Waals surface area contributed by atoms with Crippen molar-refractivity contribution in [2.24, 2.45) is 11.7 Å². The summed E-state index contributed by atoms with van der Waals surface area (Å²) in [5, 5.41) is 10.8. The third kappa shape index (κ3) is 3.23. The van der Waals surface area contributed by atoms with E-state index in [1.165, 1.54) is 12.8 Å². The molecule has 2 N–H and O–H groups in total. The van der Waals surface area contributed by atoms with Crippen molar-refractivity contribution in [3.05, 3.63) is 33.9 Å². The summed E-state index contributed by atoms with van der Waals surface area (Å²) in [6.07, 6.45) is 3.46. The van der Waals surface area contributed by atoms with Gasteiger partial charge in [-0.05, 0) is 50.8 Å². The molecular formula is C14H21N3O2. The fourth-order valence-electron chi connectivity index (χ4n) is 2.81. The molecular weight excluding hydrogens is 242 g/mol. The standard InChI is InChI=1S/C14H21N3O2/c1-11-9-13(4-5-14(11)17(18)19)16-8-2-3-12(10-16)6-7-15/h4-5,9,12H,2-3,6-8,10,15H2,1H3. The lowest BCUT2D eigenvalue weighted by Gasteiger charge is -2.34. The van der Waals surface area contributed by atoms with E-state index in [2.05, 4.69) is 4.90 Å². The molecule has 1 aromatic rings. The zero-order valence-electron chi connectivity index (χ0n) is 11.3. The van der Waals surface area contributed by atoms with E-state index in [9.17, 15) is 10.1 Å². The quantitative estimate of drug-likeness (QED) is 0.669. The lowest BCUT2D eigenvalue weighted by atomic mass is 9.94. The van der Waals surface area contributed by atoms with Crippen LogP contribution in [0.4, 0.5) is 11.4 Å². The Kier molecular flexibility index (Phi) is 4.37. The van der Waals surface area contributed by atoms with Crippen molar-refractivity contribution in [1.29, 1.82) is 0 Å². The van der Waals surface area contributed by atoms with Crippen LogP contribution in [0.25, 0.3) is 0 Å². The van der Waals surface area contributed by atoms with Gasteiger partial charge < -0.3 is 10.6 Å². The number of aryl methyl sites for hydroxylation is 1. The molecule has 0 saturated carbocycles. The minimum Gasteiger partial charge on any atom is -0.371 e. The molecule has 1 atom stereocenters. The van der Waals surface area contributed by atoms with Gasteiger partial charge in [0.2, 0.25) is 0 Å². The SMILES string of the molecule is Cc1cc(N2CCCC(CCN)C2)ccc1[N+](=O)[O-]. The number of nitrogens with two attached hydrogens (primary N) is 1. The molecule has 1 fully saturated rings. The van der Waals surface area contributed by atoms with Crippen LogP contribution in [0.5, 0.6) is 0 Å². The first kappa shape index (κ1) is 13.8.